The van der Waals surface area contributed by atoms with E-state index in [0.29, 0.717) is 29.3 Å². The molecule has 0 aliphatic heterocycles. The summed E-state index contributed by atoms with van der Waals surface area (Å²) in [6.45, 7) is 9.79. The molecule has 0 spiro atoms. The van der Waals surface area contributed by atoms with Gasteiger partial charge in [0.05, 0.1) is 6.54 Å². The Bertz CT molecular complexity index is 915. The normalized spacial score (nSPS) is 11.0. The highest BCUT2D eigenvalue weighted by atomic mass is 16.2. The predicted octanol–water partition coefficient (Wildman–Crippen LogP) is 4.25. The molecule has 0 aliphatic rings. The van der Waals surface area contributed by atoms with Crippen molar-refractivity contribution in [2.75, 3.05) is 22.5 Å². The van der Waals surface area contributed by atoms with E-state index in [4.69, 9.17) is 0 Å². The average Bonchev–Trinajstić information content (AvgIpc) is 2.65. The highest BCUT2D eigenvalue weighted by Crippen LogP contribution is 2.15. The van der Waals surface area contributed by atoms with E-state index in [1.807, 2.05) is 34.6 Å². The molecule has 4 N–H and O–H groups in total. The summed E-state index contributed by atoms with van der Waals surface area (Å²) < 4.78 is 0. The average molecular weight is 425 g/mol. The molecule has 3 amide bonds. The first-order chi connectivity index (χ1) is 14.5. The molecule has 0 heterocycles. The van der Waals surface area contributed by atoms with E-state index in [-0.39, 0.29) is 29.8 Å². The predicted molar refractivity (Wildman–Crippen MR) is 125 cm³/mol. The summed E-state index contributed by atoms with van der Waals surface area (Å²) in [5.41, 5.74) is 2.17. The molecular formula is C24H32N4O3. The summed E-state index contributed by atoms with van der Waals surface area (Å²) >= 11 is 0. The van der Waals surface area contributed by atoms with Crippen molar-refractivity contribution in [3.8, 4) is 0 Å². The molecule has 0 fully saturated rings. The highest BCUT2D eigenvalue weighted by molar-refractivity contribution is 5.98. The van der Waals surface area contributed by atoms with Crippen LogP contribution in [0.5, 0.6) is 0 Å². The maximum absolute atomic E-state index is 12.3. The second-order valence-corrected chi connectivity index (χ2v) is 8.91. The van der Waals surface area contributed by atoms with Gasteiger partial charge < -0.3 is 21.3 Å². The van der Waals surface area contributed by atoms with Crippen molar-refractivity contribution in [3.05, 3.63) is 54.1 Å². The third-order valence-electron chi connectivity index (χ3n) is 4.11. The minimum absolute atomic E-state index is 0.0199. The smallest absolute Gasteiger partial charge is 0.251 e. The Morgan fingerprint density at radius 3 is 2.06 bits per heavy atom. The van der Waals surface area contributed by atoms with E-state index in [2.05, 4.69) is 21.3 Å². The number of carbonyl (C=O) groups is 3. The Kier molecular flexibility index (Phi) is 8.19. The number of nitrogens with one attached hydrogen (secondary N) is 4. The number of anilines is 3. The SMILES string of the molecule is CC(C)CC(=O)Nc1ccc(NCC(=O)Nc2cccc(C(=O)NC(C)(C)C)c2)cc1. The zero-order valence-corrected chi connectivity index (χ0v) is 18.8. The lowest BCUT2D eigenvalue weighted by Crippen LogP contribution is -2.40. The van der Waals surface area contributed by atoms with E-state index >= 15 is 0 Å². The summed E-state index contributed by atoms with van der Waals surface area (Å²) in [6, 6.07) is 14.0. The lowest BCUT2D eigenvalue weighted by molar-refractivity contribution is -0.117. The standard InChI is InChI=1S/C24H32N4O3/c1-16(2)13-21(29)26-19-11-9-18(10-12-19)25-15-22(30)27-20-8-6-7-17(14-20)23(31)28-24(3,4)5/h6-12,14,16,25H,13,15H2,1-5H3,(H,26,29)(H,27,30)(H,28,31). The summed E-state index contributed by atoms with van der Waals surface area (Å²) in [6.07, 6.45) is 0.471. The zero-order valence-electron chi connectivity index (χ0n) is 18.8. The first-order valence-corrected chi connectivity index (χ1v) is 10.4. The molecule has 2 rings (SSSR count). The van der Waals surface area contributed by atoms with Gasteiger partial charge in [0.15, 0.2) is 0 Å². The van der Waals surface area contributed by atoms with Gasteiger partial charge in [-0.3, -0.25) is 14.4 Å². The van der Waals surface area contributed by atoms with Crippen LogP contribution in [0.1, 0.15) is 51.4 Å². The van der Waals surface area contributed by atoms with Gasteiger partial charge in [-0.2, -0.15) is 0 Å². The molecule has 2 aromatic rings. The molecule has 2 aromatic carbocycles. The minimum Gasteiger partial charge on any atom is -0.376 e. The Morgan fingerprint density at radius 2 is 1.45 bits per heavy atom. The molecule has 0 aliphatic carbocycles. The van der Waals surface area contributed by atoms with Gasteiger partial charge in [-0.1, -0.05) is 19.9 Å². The topological polar surface area (TPSA) is 99.3 Å². The van der Waals surface area contributed by atoms with Crippen LogP contribution in [0.3, 0.4) is 0 Å². The Labute approximate surface area is 184 Å². The second-order valence-electron chi connectivity index (χ2n) is 8.91. The maximum atomic E-state index is 12.3. The van der Waals surface area contributed by atoms with Crippen molar-refractivity contribution in [2.45, 2.75) is 46.6 Å². The first kappa shape index (κ1) is 23.9. The van der Waals surface area contributed by atoms with Crippen molar-refractivity contribution in [1.82, 2.24) is 5.32 Å². The van der Waals surface area contributed by atoms with Crippen molar-refractivity contribution in [1.29, 1.82) is 0 Å². The molecule has 7 nitrogen and oxygen atoms in total. The highest BCUT2D eigenvalue weighted by Gasteiger charge is 2.15. The van der Waals surface area contributed by atoms with Crippen LogP contribution in [-0.4, -0.2) is 29.8 Å². The van der Waals surface area contributed by atoms with Crippen LogP contribution < -0.4 is 21.3 Å². The van der Waals surface area contributed by atoms with Crippen molar-refractivity contribution < 1.29 is 14.4 Å². The van der Waals surface area contributed by atoms with Gasteiger partial charge in [0.1, 0.15) is 0 Å². The van der Waals surface area contributed by atoms with E-state index in [9.17, 15) is 14.4 Å². The molecular weight excluding hydrogens is 392 g/mol. The summed E-state index contributed by atoms with van der Waals surface area (Å²) in [5.74, 6) is -0.147. The Hall–Kier alpha value is -3.35. The van der Waals surface area contributed by atoms with Crippen LogP contribution in [0.25, 0.3) is 0 Å². The molecule has 0 bridgehead atoms. The van der Waals surface area contributed by atoms with Crippen molar-refractivity contribution in [3.63, 3.8) is 0 Å². The lowest BCUT2D eigenvalue weighted by Gasteiger charge is -2.20. The van der Waals surface area contributed by atoms with Gasteiger partial charge >= 0.3 is 0 Å². The van der Waals surface area contributed by atoms with Crippen LogP contribution in [0.2, 0.25) is 0 Å². The van der Waals surface area contributed by atoms with E-state index in [1.54, 1.807) is 48.5 Å². The van der Waals surface area contributed by atoms with Gasteiger partial charge in [0.2, 0.25) is 11.8 Å². The van der Waals surface area contributed by atoms with Crippen LogP contribution in [0.4, 0.5) is 17.1 Å². The van der Waals surface area contributed by atoms with E-state index in [1.165, 1.54) is 0 Å². The van der Waals surface area contributed by atoms with Crippen molar-refractivity contribution >= 4 is 34.8 Å². The number of hydrogen-bond acceptors (Lipinski definition) is 4. The van der Waals surface area contributed by atoms with E-state index < -0.39 is 0 Å². The molecule has 0 aromatic heterocycles. The molecule has 0 saturated heterocycles. The zero-order chi connectivity index (χ0) is 23.0. The maximum Gasteiger partial charge on any atom is 0.251 e. The fourth-order valence-corrected chi connectivity index (χ4v) is 2.79. The molecule has 0 radical (unpaired) electrons. The molecule has 31 heavy (non-hydrogen) atoms. The number of benzene rings is 2. The van der Waals surface area contributed by atoms with Gasteiger partial charge in [0, 0.05) is 34.6 Å². The largest absolute Gasteiger partial charge is 0.376 e. The number of rotatable bonds is 8. The minimum atomic E-state index is -0.340. The third kappa shape index (κ3) is 8.90. The van der Waals surface area contributed by atoms with Gasteiger partial charge in [-0.05, 0) is 69.2 Å². The lowest BCUT2D eigenvalue weighted by atomic mass is 10.1. The number of amides is 3. The quantitative estimate of drug-likeness (QED) is 0.509. The van der Waals surface area contributed by atoms with Crippen LogP contribution in [-0.2, 0) is 9.59 Å². The molecule has 0 atom stereocenters. The Balaban J connectivity index is 1.86. The fourth-order valence-electron chi connectivity index (χ4n) is 2.79. The van der Waals surface area contributed by atoms with E-state index in [0.717, 1.165) is 5.69 Å². The molecule has 166 valence electrons. The molecule has 0 saturated carbocycles. The Morgan fingerprint density at radius 1 is 0.839 bits per heavy atom. The number of carbonyl (C=O) groups excluding carboxylic acids is 3. The molecule has 0 unspecified atom stereocenters. The monoisotopic (exact) mass is 424 g/mol. The first-order valence-electron chi connectivity index (χ1n) is 10.4. The third-order valence-corrected chi connectivity index (χ3v) is 4.11. The van der Waals surface area contributed by atoms with Crippen LogP contribution in [0, 0.1) is 5.92 Å². The van der Waals surface area contributed by atoms with Gasteiger partial charge in [-0.15, -0.1) is 0 Å². The summed E-state index contributed by atoms with van der Waals surface area (Å²) in [7, 11) is 0. The van der Waals surface area contributed by atoms with Crippen LogP contribution >= 0.6 is 0 Å². The second kappa shape index (κ2) is 10.6. The fraction of sp³-hybridized carbons (Fsp3) is 0.375. The van der Waals surface area contributed by atoms with Crippen molar-refractivity contribution in [2.24, 2.45) is 5.92 Å². The van der Waals surface area contributed by atoms with Gasteiger partial charge in [-0.25, -0.2) is 0 Å². The van der Waals surface area contributed by atoms with Gasteiger partial charge in [0.25, 0.3) is 5.91 Å². The van der Waals surface area contributed by atoms with Crippen LogP contribution in [0.15, 0.2) is 48.5 Å². The summed E-state index contributed by atoms with van der Waals surface area (Å²) in [4.78, 5) is 36.4. The summed E-state index contributed by atoms with van der Waals surface area (Å²) in [5, 5.41) is 11.6. The molecule has 7 heteroatoms. The number of hydrogen-bond donors (Lipinski definition) is 4.